The van der Waals surface area contributed by atoms with Crippen LogP contribution in [0.15, 0.2) is 60.7 Å². The average molecular weight is 397 g/mol. The number of amides is 3. The fourth-order valence-electron chi connectivity index (χ4n) is 2.53. The maximum Gasteiger partial charge on any atom is 0.309 e. The Hall–Kier alpha value is -3.68. The smallest absolute Gasteiger partial charge is 0.309 e. The zero-order valence-corrected chi connectivity index (χ0v) is 16.2. The van der Waals surface area contributed by atoms with Gasteiger partial charge in [0.05, 0.1) is 12.5 Å². The molecule has 3 N–H and O–H groups in total. The van der Waals surface area contributed by atoms with E-state index in [9.17, 15) is 19.2 Å². The Balaban J connectivity index is 1.87. The van der Waals surface area contributed by atoms with Crippen LogP contribution in [0.4, 0.5) is 0 Å². The maximum absolute atomic E-state index is 12.2. The monoisotopic (exact) mass is 397 g/mol. The van der Waals surface area contributed by atoms with Gasteiger partial charge in [0.1, 0.15) is 0 Å². The molecule has 0 unspecified atom stereocenters. The molecule has 0 saturated carbocycles. The van der Waals surface area contributed by atoms with E-state index in [2.05, 4.69) is 16.2 Å². The number of rotatable bonds is 7. The summed E-state index contributed by atoms with van der Waals surface area (Å²) in [5.74, 6) is -2.13. The molecule has 0 radical (unpaired) electrons. The van der Waals surface area contributed by atoms with E-state index in [0.717, 1.165) is 5.56 Å². The molecule has 0 bridgehead atoms. The first-order valence-corrected chi connectivity index (χ1v) is 9.03. The van der Waals surface area contributed by atoms with Crippen molar-refractivity contribution in [2.45, 2.75) is 32.4 Å². The fraction of sp³-hybridized carbons (Fsp3) is 0.238. The standard InChI is InChI=1S/C21H23N3O5/c1-14(20(27)23-24-21(28)17-11-7-4-8-12-17)29-19(26)13-18(22-15(2)25)16-9-5-3-6-10-16/h3-12,14,18H,13H2,1-2H3,(H,22,25)(H,23,27)(H,24,28)/t14-,18+/m1/s1. The number of hydrazine groups is 1. The summed E-state index contributed by atoms with van der Waals surface area (Å²) in [7, 11) is 0. The SMILES string of the molecule is CC(=O)N[C@@H](CC(=O)O[C@H](C)C(=O)NNC(=O)c1ccccc1)c1ccccc1. The zero-order valence-electron chi connectivity index (χ0n) is 16.2. The Morgan fingerprint density at radius 3 is 2.07 bits per heavy atom. The Morgan fingerprint density at radius 1 is 0.897 bits per heavy atom. The second-order valence-corrected chi connectivity index (χ2v) is 6.31. The zero-order chi connectivity index (χ0) is 21.2. The first-order chi connectivity index (χ1) is 13.9. The van der Waals surface area contributed by atoms with Crippen molar-refractivity contribution in [3.63, 3.8) is 0 Å². The van der Waals surface area contributed by atoms with Gasteiger partial charge in [0.2, 0.25) is 5.91 Å². The fourth-order valence-corrected chi connectivity index (χ4v) is 2.53. The highest BCUT2D eigenvalue weighted by Gasteiger charge is 2.22. The van der Waals surface area contributed by atoms with Gasteiger partial charge in [-0.25, -0.2) is 0 Å². The van der Waals surface area contributed by atoms with Crippen LogP contribution in [0.5, 0.6) is 0 Å². The molecule has 2 atom stereocenters. The van der Waals surface area contributed by atoms with Gasteiger partial charge in [-0.3, -0.25) is 30.0 Å². The minimum absolute atomic E-state index is 0.141. The van der Waals surface area contributed by atoms with Crippen LogP contribution in [0.1, 0.15) is 42.2 Å². The van der Waals surface area contributed by atoms with Gasteiger partial charge in [-0.15, -0.1) is 0 Å². The molecule has 8 nitrogen and oxygen atoms in total. The van der Waals surface area contributed by atoms with Gasteiger partial charge >= 0.3 is 5.97 Å². The Bertz CT molecular complexity index is 855. The molecule has 152 valence electrons. The number of benzene rings is 2. The minimum Gasteiger partial charge on any atom is -0.452 e. The van der Waals surface area contributed by atoms with Gasteiger partial charge in [0.15, 0.2) is 6.10 Å². The third kappa shape index (κ3) is 7.10. The van der Waals surface area contributed by atoms with Crippen molar-refractivity contribution in [3.8, 4) is 0 Å². The summed E-state index contributed by atoms with van der Waals surface area (Å²) in [6, 6.07) is 16.7. The van der Waals surface area contributed by atoms with Gasteiger partial charge in [-0.2, -0.15) is 0 Å². The lowest BCUT2D eigenvalue weighted by atomic mass is 10.0. The van der Waals surface area contributed by atoms with Crippen molar-refractivity contribution >= 4 is 23.7 Å². The van der Waals surface area contributed by atoms with Crippen LogP contribution in [-0.4, -0.2) is 29.8 Å². The van der Waals surface area contributed by atoms with E-state index >= 15 is 0 Å². The molecule has 0 aliphatic rings. The summed E-state index contributed by atoms with van der Waals surface area (Å²) in [5.41, 5.74) is 5.59. The van der Waals surface area contributed by atoms with Gasteiger partial charge in [-0.1, -0.05) is 48.5 Å². The van der Waals surface area contributed by atoms with Crippen molar-refractivity contribution in [2.75, 3.05) is 0 Å². The lowest BCUT2D eigenvalue weighted by Crippen LogP contribution is -2.46. The molecular weight excluding hydrogens is 374 g/mol. The van der Waals surface area contributed by atoms with E-state index in [1.807, 2.05) is 6.07 Å². The van der Waals surface area contributed by atoms with Crippen LogP contribution >= 0.6 is 0 Å². The molecule has 0 heterocycles. The first kappa shape index (κ1) is 21.6. The number of hydrogen-bond donors (Lipinski definition) is 3. The Kier molecular flexibility index (Phi) is 7.90. The van der Waals surface area contributed by atoms with Gasteiger partial charge in [0.25, 0.3) is 11.8 Å². The van der Waals surface area contributed by atoms with Gasteiger partial charge in [-0.05, 0) is 24.6 Å². The number of ether oxygens (including phenoxy) is 1. The molecular formula is C21H23N3O5. The molecule has 0 aliphatic carbocycles. The van der Waals surface area contributed by atoms with Gasteiger partial charge in [0, 0.05) is 12.5 Å². The second kappa shape index (κ2) is 10.6. The van der Waals surface area contributed by atoms with Crippen molar-refractivity contribution in [3.05, 3.63) is 71.8 Å². The first-order valence-electron chi connectivity index (χ1n) is 9.03. The van der Waals surface area contributed by atoms with E-state index in [1.54, 1.807) is 54.6 Å². The quantitative estimate of drug-likeness (QED) is 0.486. The molecule has 8 heteroatoms. The average Bonchev–Trinajstić information content (AvgIpc) is 2.72. The highest BCUT2D eigenvalue weighted by atomic mass is 16.5. The van der Waals surface area contributed by atoms with Crippen LogP contribution in [-0.2, 0) is 19.1 Å². The van der Waals surface area contributed by atoms with Crippen LogP contribution in [0.25, 0.3) is 0 Å². The molecule has 2 rings (SSSR count). The summed E-state index contributed by atoms with van der Waals surface area (Å²) < 4.78 is 5.13. The molecule has 29 heavy (non-hydrogen) atoms. The highest BCUT2D eigenvalue weighted by Crippen LogP contribution is 2.17. The summed E-state index contributed by atoms with van der Waals surface area (Å²) in [5, 5.41) is 2.69. The van der Waals surface area contributed by atoms with Crippen LogP contribution < -0.4 is 16.2 Å². The molecule has 0 saturated heterocycles. The van der Waals surface area contributed by atoms with Crippen molar-refractivity contribution < 1.29 is 23.9 Å². The predicted octanol–water partition coefficient (Wildman–Crippen LogP) is 1.65. The van der Waals surface area contributed by atoms with Crippen molar-refractivity contribution in [2.24, 2.45) is 0 Å². The number of carbonyl (C=O) groups excluding carboxylic acids is 4. The number of nitrogens with one attached hydrogen (secondary N) is 3. The lowest BCUT2D eigenvalue weighted by Gasteiger charge is -2.19. The molecule has 3 amide bonds. The Morgan fingerprint density at radius 2 is 1.48 bits per heavy atom. The van der Waals surface area contributed by atoms with E-state index in [1.165, 1.54) is 13.8 Å². The van der Waals surface area contributed by atoms with E-state index in [-0.39, 0.29) is 12.3 Å². The van der Waals surface area contributed by atoms with Crippen LogP contribution in [0.3, 0.4) is 0 Å². The number of carbonyl (C=O) groups is 4. The number of esters is 1. The summed E-state index contributed by atoms with van der Waals surface area (Å²) >= 11 is 0. The summed E-state index contributed by atoms with van der Waals surface area (Å²) in [6.07, 6.45) is -1.27. The largest absolute Gasteiger partial charge is 0.452 e. The maximum atomic E-state index is 12.2. The lowest BCUT2D eigenvalue weighted by molar-refractivity contribution is -0.155. The Labute approximate surface area is 168 Å². The topological polar surface area (TPSA) is 114 Å². The second-order valence-electron chi connectivity index (χ2n) is 6.31. The molecule has 0 spiro atoms. The van der Waals surface area contributed by atoms with Gasteiger partial charge < -0.3 is 10.1 Å². The molecule has 0 aliphatic heterocycles. The molecule has 0 fully saturated rings. The highest BCUT2D eigenvalue weighted by molar-refractivity contribution is 5.95. The summed E-state index contributed by atoms with van der Waals surface area (Å²) in [4.78, 5) is 47.7. The van der Waals surface area contributed by atoms with Crippen molar-refractivity contribution in [1.82, 2.24) is 16.2 Å². The molecule has 2 aromatic carbocycles. The minimum atomic E-state index is -1.13. The number of hydrogen-bond acceptors (Lipinski definition) is 5. The van der Waals surface area contributed by atoms with Crippen LogP contribution in [0.2, 0.25) is 0 Å². The van der Waals surface area contributed by atoms with E-state index in [0.29, 0.717) is 5.56 Å². The summed E-state index contributed by atoms with van der Waals surface area (Å²) in [6.45, 7) is 2.74. The van der Waals surface area contributed by atoms with E-state index in [4.69, 9.17) is 4.74 Å². The predicted molar refractivity (Wildman–Crippen MR) is 105 cm³/mol. The third-order valence-electron chi connectivity index (χ3n) is 3.96. The molecule has 2 aromatic rings. The van der Waals surface area contributed by atoms with E-state index < -0.39 is 29.9 Å². The van der Waals surface area contributed by atoms with Crippen molar-refractivity contribution in [1.29, 1.82) is 0 Å². The van der Waals surface area contributed by atoms with Crippen LogP contribution in [0, 0.1) is 0 Å². The normalized spacial score (nSPS) is 12.2. The third-order valence-corrected chi connectivity index (χ3v) is 3.96. The molecule has 0 aromatic heterocycles.